The molecule has 1 N–H and O–H groups in total. The van der Waals surface area contributed by atoms with Crippen LogP contribution >= 0.6 is 23.6 Å². The zero-order chi connectivity index (χ0) is 17.1. The standard InChI is InChI=1S/C19H22N2OS2/c1-3-4-5-8-11-21-18(22)17(24-19(21)23)12-15-13(2)20-16-10-7-6-9-14(15)16/h6-7,9-10,12,22H,3-5,8,11H2,1-2H3/b15-12+. The van der Waals surface area contributed by atoms with Crippen LogP contribution in [0.25, 0.3) is 11.6 Å². The monoisotopic (exact) mass is 358 g/mol. The molecule has 0 aliphatic carbocycles. The van der Waals surface area contributed by atoms with Crippen LogP contribution in [0.15, 0.2) is 29.3 Å². The minimum absolute atomic E-state index is 0.283. The molecule has 0 spiro atoms. The van der Waals surface area contributed by atoms with Crippen molar-refractivity contribution >= 4 is 46.6 Å². The highest BCUT2D eigenvalue weighted by atomic mass is 32.1. The van der Waals surface area contributed by atoms with Crippen LogP contribution in [-0.2, 0) is 6.54 Å². The van der Waals surface area contributed by atoms with Crippen LogP contribution in [0.1, 0.15) is 50.0 Å². The Kier molecular flexibility index (Phi) is 5.31. The van der Waals surface area contributed by atoms with Gasteiger partial charge < -0.3 is 5.11 Å². The largest absolute Gasteiger partial charge is 0.493 e. The van der Waals surface area contributed by atoms with Gasteiger partial charge in [-0.05, 0) is 37.7 Å². The molecule has 0 bridgehead atoms. The lowest BCUT2D eigenvalue weighted by Gasteiger charge is -2.05. The minimum atomic E-state index is 0.283. The molecular formula is C19H22N2OS2. The smallest absolute Gasteiger partial charge is 0.210 e. The number of benzene rings is 1. The first-order chi connectivity index (χ1) is 11.6. The van der Waals surface area contributed by atoms with Gasteiger partial charge in [-0.2, -0.15) is 0 Å². The summed E-state index contributed by atoms with van der Waals surface area (Å²) in [5.74, 6) is 0.283. The highest BCUT2D eigenvalue weighted by Gasteiger charge is 2.19. The summed E-state index contributed by atoms with van der Waals surface area (Å²) >= 11 is 6.91. The predicted octanol–water partition coefficient (Wildman–Crippen LogP) is 6.21. The Morgan fingerprint density at radius 3 is 2.83 bits per heavy atom. The lowest BCUT2D eigenvalue weighted by atomic mass is 10.0. The number of nitrogens with zero attached hydrogens (tertiary/aromatic N) is 2. The van der Waals surface area contributed by atoms with E-state index in [9.17, 15) is 5.11 Å². The number of aliphatic imine (C=N–C) groups is 1. The maximum absolute atomic E-state index is 10.6. The summed E-state index contributed by atoms with van der Waals surface area (Å²) in [6.45, 7) is 4.99. The molecule has 3 nitrogen and oxygen atoms in total. The first kappa shape index (κ1) is 17.1. The van der Waals surface area contributed by atoms with Gasteiger partial charge in [0.05, 0.1) is 10.6 Å². The molecule has 24 heavy (non-hydrogen) atoms. The number of aromatic nitrogens is 1. The molecule has 5 heteroatoms. The van der Waals surface area contributed by atoms with Gasteiger partial charge in [0.2, 0.25) is 5.88 Å². The van der Waals surface area contributed by atoms with Crippen LogP contribution in [0.2, 0.25) is 0 Å². The average molecular weight is 359 g/mol. The highest BCUT2D eigenvalue weighted by molar-refractivity contribution is 7.73. The number of rotatable bonds is 6. The molecule has 1 aromatic carbocycles. The molecule has 2 aromatic rings. The van der Waals surface area contributed by atoms with Crippen molar-refractivity contribution in [2.75, 3.05) is 0 Å². The number of allylic oxidation sites excluding steroid dienone is 1. The predicted molar refractivity (Wildman–Crippen MR) is 106 cm³/mol. The first-order valence-electron chi connectivity index (χ1n) is 8.41. The number of para-hydroxylation sites is 1. The molecule has 0 saturated carbocycles. The number of hydrogen-bond donors (Lipinski definition) is 1. The van der Waals surface area contributed by atoms with Crippen molar-refractivity contribution in [1.82, 2.24) is 4.57 Å². The molecule has 0 atom stereocenters. The fourth-order valence-electron chi connectivity index (χ4n) is 2.95. The number of thiazole rings is 1. The SMILES string of the molecule is CCCCCCn1c(O)c(/C=C2\C(C)=Nc3ccccc32)sc1=S. The maximum atomic E-state index is 10.6. The van der Waals surface area contributed by atoms with Crippen molar-refractivity contribution in [2.24, 2.45) is 4.99 Å². The van der Waals surface area contributed by atoms with Gasteiger partial charge in [0.25, 0.3) is 0 Å². The van der Waals surface area contributed by atoms with Gasteiger partial charge in [-0.3, -0.25) is 9.56 Å². The molecule has 0 saturated heterocycles. The fourth-order valence-corrected chi connectivity index (χ4v) is 4.25. The number of hydrogen-bond acceptors (Lipinski definition) is 4. The number of aromatic hydroxyl groups is 1. The van der Waals surface area contributed by atoms with E-state index < -0.39 is 0 Å². The minimum Gasteiger partial charge on any atom is -0.493 e. The second-order valence-corrected chi connectivity index (χ2v) is 7.72. The van der Waals surface area contributed by atoms with Crippen LogP contribution in [0.4, 0.5) is 5.69 Å². The molecule has 2 heterocycles. The van der Waals surface area contributed by atoms with Gasteiger partial charge in [0, 0.05) is 23.4 Å². The Hall–Kier alpha value is -1.72. The fraction of sp³-hybridized carbons (Fsp3) is 0.368. The third kappa shape index (κ3) is 3.37. The summed E-state index contributed by atoms with van der Waals surface area (Å²) in [4.78, 5) is 5.41. The van der Waals surface area contributed by atoms with Gasteiger partial charge in [0.1, 0.15) is 0 Å². The Morgan fingerprint density at radius 1 is 1.25 bits per heavy atom. The van der Waals surface area contributed by atoms with E-state index in [0.29, 0.717) is 0 Å². The highest BCUT2D eigenvalue weighted by Crippen LogP contribution is 2.38. The normalized spacial score (nSPS) is 14.9. The summed E-state index contributed by atoms with van der Waals surface area (Å²) in [5, 5.41) is 10.6. The lowest BCUT2D eigenvalue weighted by molar-refractivity contribution is 0.407. The summed E-state index contributed by atoms with van der Waals surface area (Å²) in [6, 6.07) is 8.09. The van der Waals surface area contributed by atoms with Gasteiger partial charge in [-0.15, -0.1) is 11.3 Å². The summed E-state index contributed by atoms with van der Waals surface area (Å²) in [7, 11) is 0. The van der Waals surface area contributed by atoms with E-state index in [1.54, 1.807) is 0 Å². The summed E-state index contributed by atoms with van der Waals surface area (Å²) < 4.78 is 2.59. The first-order valence-corrected chi connectivity index (χ1v) is 9.63. The molecule has 126 valence electrons. The zero-order valence-corrected chi connectivity index (χ0v) is 15.7. The van der Waals surface area contributed by atoms with Crippen molar-refractivity contribution in [3.8, 4) is 5.88 Å². The van der Waals surface area contributed by atoms with Crippen molar-refractivity contribution in [3.05, 3.63) is 38.7 Å². The number of unbranched alkanes of at least 4 members (excludes halogenated alkanes) is 3. The van der Waals surface area contributed by atoms with Gasteiger partial charge in [-0.1, -0.05) is 44.4 Å². The van der Waals surface area contributed by atoms with E-state index in [1.165, 1.54) is 30.6 Å². The Balaban J connectivity index is 1.89. The molecule has 1 aliphatic rings. The van der Waals surface area contributed by atoms with Gasteiger partial charge in [0.15, 0.2) is 3.95 Å². The van der Waals surface area contributed by atoms with Crippen LogP contribution < -0.4 is 0 Å². The molecule has 3 rings (SSSR count). The Bertz CT molecular complexity index is 858. The van der Waals surface area contributed by atoms with E-state index in [4.69, 9.17) is 12.2 Å². The molecule has 1 aromatic heterocycles. The number of fused-ring (bicyclic) bond motifs is 1. The third-order valence-corrected chi connectivity index (χ3v) is 5.66. The quantitative estimate of drug-likeness (QED) is 0.492. The van der Waals surface area contributed by atoms with Gasteiger partial charge >= 0.3 is 0 Å². The van der Waals surface area contributed by atoms with Crippen LogP contribution in [0.3, 0.4) is 0 Å². The van der Waals surface area contributed by atoms with Crippen molar-refractivity contribution < 1.29 is 5.11 Å². The molecule has 0 fully saturated rings. The van der Waals surface area contributed by atoms with Crippen LogP contribution in [-0.4, -0.2) is 15.4 Å². The lowest BCUT2D eigenvalue weighted by Crippen LogP contribution is -1.97. The van der Waals surface area contributed by atoms with Gasteiger partial charge in [-0.25, -0.2) is 0 Å². The van der Waals surface area contributed by atoms with E-state index >= 15 is 0 Å². The van der Waals surface area contributed by atoms with E-state index in [1.807, 2.05) is 35.8 Å². The van der Waals surface area contributed by atoms with Crippen molar-refractivity contribution in [1.29, 1.82) is 0 Å². The van der Waals surface area contributed by atoms with Crippen molar-refractivity contribution in [3.63, 3.8) is 0 Å². The molecular weight excluding hydrogens is 336 g/mol. The summed E-state index contributed by atoms with van der Waals surface area (Å²) in [5.41, 5.74) is 4.14. The summed E-state index contributed by atoms with van der Waals surface area (Å²) in [6.07, 6.45) is 6.66. The van der Waals surface area contributed by atoms with Crippen LogP contribution in [0, 0.1) is 3.95 Å². The molecule has 0 radical (unpaired) electrons. The maximum Gasteiger partial charge on any atom is 0.210 e. The van der Waals surface area contributed by atoms with Crippen LogP contribution in [0.5, 0.6) is 5.88 Å². The van der Waals surface area contributed by atoms with Crippen molar-refractivity contribution in [2.45, 2.75) is 46.1 Å². The second kappa shape index (κ2) is 7.45. The topological polar surface area (TPSA) is 37.5 Å². The van der Waals surface area contributed by atoms with E-state index in [2.05, 4.69) is 18.0 Å². The average Bonchev–Trinajstić information content (AvgIpc) is 3.02. The van der Waals surface area contributed by atoms with E-state index in [-0.39, 0.29) is 5.88 Å². The van der Waals surface area contributed by atoms with E-state index in [0.717, 1.165) is 44.3 Å². The molecule has 1 aliphatic heterocycles. The second-order valence-electron chi connectivity index (χ2n) is 6.04. The Labute approximate surface area is 152 Å². The molecule has 0 amide bonds. The third-order valence-electron chi connectivity index (χ3n) is 4.28. The molecule has 0 unspecified atom stereocenters. The zero-order valence-electron chi connectivity index (χ0n) is 14.1. The Morgan fingerprint density at radius 2 is 2.04 bits per heavy atom.